The van der Waals surface area contributed by atoms with Crippen molar-refractivity contribution in [3.63, 3.8) is 0 Å². The Kier molecular flexibility index (Phi) is 2.45. The predicted molar refractivity (Wildman–Crippen MR) is 62.7 cm³/mol. The van der Waals surface area contributed by atoms with Crippen molar-refractivity contribution < 1.29 is 0 Å². The molecule has 0 bridgehead atoms. The Morgan fingerprint density at radius 2 is 1.50 bits per heavy atom. The summed E-state index contributed by atoms with van der Waals surface area (Å²) < 4.78 is 0. The normalized spacial score (nSPS) is 10.0. The second kappa shape index (κ2) is 3.75. The number of hydrogen-bond donors (Lipinski definition) is 0. The first kappa shape index (κ1) is 9.14. The van der Waals surface area contributed by atoms with Gasteiger partial charge < -0.3 is 0 Å². The minimum atomic E-state index is 0.734. The molecular formula is C12H8B2. The standard InChI is InChI=1S/C12H8B2/c13-10-6-7-12(14)11(8-10)9-4-2-1-3-5-9/h1-8H. The minimum absolute atomic E-state index is 0.734. The molecule has 2 heteroatoms. The van der Waals surface area contributed by atoms with E-state index in [1.165, 1.54) is 0 Å². The zero-order chi connectivity index (χ0) is 9.97. The molecule has 2 aromatic rings. The molecule has 0 aromatic heterocycles. The van der Waals surface area contributed by atoms with Crippen LogP contribution in [0, 0.1) is 0 Å². The summed E-state index contributed by atoms with van der Waals surface area (Å²) in [4.78, 5) is 0. The van der Waals surface area contributed by atoms with Crippen LogP contribution in [0.2, 0.25) is 0 Å². The van der Waals surface area contributed by atoms with Crippen LogP contribution in [0.15, 0.2) is 48.5 Å². The molecule has 0 fully saturated rings. The summed E-state index contributed by atoms with van der Waals surface area (Å²) in [7, 11) is 11.6. The topological polar surface area (TPSA) is 0 Å². The molecule has 0 nitrogen and oxygen atoms in total. The lowest BCUT2D eigenvalue weighted by Gasteiger charge is -2.07. The third-order valence-electron chi connectivity index (χ3n) is 2.16. The maximum absolute atomic E-state index is 5.87. The first-order chi connectivity index (χ1) is 6.77. The number of benzene rings is 2. The summed E-state index contributed by atoms with van der Waals surface area (Å²) in [6.45, 7) is 0. The van der Waals surface area contributed by atoms with Crippen molar-refractivity contribution in [1.82, 2.24) is 0 Å². The van der Waals surface area contributed by atoms with Crippen molar-refractivity contribution in [1.29, 1.82) is 0 Å². The van der Waals surface area contributed by atoms with E-state index in [2.05, 4.69) is 0 Å². The van der Waals surface area contributed by atoms with Crippen LogP contribution in [0.25, 0.3) is 11.1 Å². The molecule has 0 aliphatic rings. The van der Waals surface area contributed by atoms with Gasteiger partial charge in [-0.25, -0.2) is 0 Å². The maximum atomic E-state index is 5.87. The van der Waals surface area contributed by atoms with Crippen LogP contribution in [0.5, 0.6) is 0 Å². The molecule has 0 amide bonds. The Morgan fingerprint density at radius 3 is 2.21 bits per heavy atom. The monoisotopic (exact) mass is 174 g/mol. The van der Waals surface area contributed by atoms with Crippen molar-refractivity contribution in [3.8, 4) is 11.1 Å². The summed E-state index contributed by atoms with van der Waals surface area (Å²) in [5.74, 6) is 0. The van der Waals surface area contributed by atoms with Gasteiger partial charge in [0.1, 0.15) is 15.7 Å². The molecule has 0 saturated heterocycles. The molecule has 0 saturated carbocycles. The predicted octanol–water partition coefficient (Wildman–Crippen LogP) is 0.941. The van der Waals surface area contributed by atoms with Gasteiger partial charge >= 0.3 is 0 Å². The molecule has 0 atom stereocenters. The summed E-state index contributed by atoms with van der Waals surface area (Å²) in [5, 5.41) is 0. The van der Waals surface area contributed by atoms with Gasteiger partial charge in [0.15, 0.2) is 0 Å². The molecule has 0 aliphatic carbocycles. The average Bonchev–Trinajstić information content (AvgIpc) is 2.23. The van der Waals surface area contributed by atoms with Gasteiger partial charge in [-0.05, 0) is 11.1 Å². The van der Waals surface area contributed by atoms with Crippen molar-refractivity contribution in [2.75, 3.05) is 0 Å². The third kappa shape index (κ3) is 1.74. The molecule has 0 heterocycles. The van der Waals surface area contributed by atoms with E-state index in [1.54, 1.807) is 0 Å². The van der Waals surface area contributed by atoms with E-state index in [0.29, 0.717) is 0 Å². The van der Waals surface area contributed by atoms with Gasteiger partial charge in [-0.1, -0.05) is 59.5 Å². The Balaban J connectivity index is 2.57. The van der Waals surface area contributed by atoms with Crippen molar-refractivity contribution >= 4 is 26.6 Å². The van der Waals surface area contributed by atoms with Gasteiger partial charge in [0, 0.05) is 0 Å². The number of rotatable bonds is 1. The highest BCUT2D eigenvalue weighted by Crippen LogP contribution is 2.14. The van der Waals surface area contributed by atoms with Gasteiger partial charge in [0.05, 0.1) is 0 Å². The zero-order valence-electron chi connectivity index (χ0n) is 7.77. The van der Waals surface area contributed by atoms with E-state index in [1.807, 2.05) is 48.5 Å². The first-order valence-corrected chi connectivity index (χ1v) is 4.48. The largest absolute Gasteiger partial charge is 0.114 e. The zero-order valence-corrected chi connectivity index (χ0v) is 7.77. The first-order valence-electron chi connectivity index (χ1n) is 4.48. The highest BCUT2D eigenvalue weighted by atomic mass is 14.0. The highest BCUT2D eigenvalue weighted by molar-refractivity contribution is 6.38. The van der Waals surface area contributed by atoms with E-state index in [9.17, 15) is 0 Å². The van der Waals surface area contributed by atoms with Gasteiger partial charge in [-0.15, -0.1) is 0 Å². The molecule has 14 heavy (non-hydrogen) atoms. The quantitative estimate of drug-likeness (QED) is 0.564. The molecule has 2 rings (SSSR count). The van der Waals surface area contributed by atoms with E-state index >= 15 is 0 Å². The maximum Gasteiger partial charge on any atom is 0.114 e. The summed E-state index contributed by atoms with van der Waals surface area (Å²) in [5.41, 5.74) is 3.58. The van der Waals surface area contributed by atoms with Crippen LogP contribution in [0.3, 0.4) is 0 Å². The highest BCUT2D eigenvalue weighted by Gasteiger charge is 1.99. The van der Waals surface area contributed by atoms with Crippen molar-refractivity contribution in [3.05, 3.63) is 48.5 Å². The number of hydrogen-bond acceptors (Lipinski definition) is 0. The lowest BCUT2D eigenvalue weighted by Crippen LogP contribution is -2.13. The van der Waals surface area contributed by atoms with Crippen molar-refractivity contribution in [2.45, 2.75) is 0 Å². The lowest BCUT2D eigenvalue weighted by molar-refractivity contribution is 1.66. The Labute approximate surface area is 86.8 Å². The van der Waals surface area contributed by atoms with Crippen LogP contribution in [0.1, 0.15) is 0 Å². The van der Waals surface area contributed by atoms with Crippen molar-refractivity contribution in [2.24, 2.45) is 0 Å². The van der Waals surface area contributed by atoms with Gasteiger partial charge in [-0.2, -0.15) is 0 Å². The summed E-state index contributed by atoms with van der Waals surface area (Å²) in [6.07, 6.45) is 0. The molecule has 0 N–H and O–H groups in total. The van der Waals surface area contributed by atoms with E-state index in [-0.39, 0.29) is 0 Å². The molecule has 4 radical (unpaired) electrons. The molecule has 62 valence electrons. The SMILES string of the molecule is [B]c1ccc([B])c(-c2ccccc2)c1. The lowest BCUT2D eigenvalue weighted by atomic mass is 9.82. The fourth-order valence-electron chi connectivity index (χ4n) is 1.44. The summed E-state index contributed by atoms with van der Waals surface area (Å²) in [6, 6.07) is 15.5. The minimum Gasteiger partial charge on any atom is -0.0961 e. The molecule has 0 unspecified atom stereocenters. The van der Waals surface area contributed by atoms with Gasteiger partial charge in [0.25, 0.3) is 0 Å². The summed E-state index contributed by atoms with van der Waals surface area (Å²) >= 11 is 0. The Morgan fingerprint density at radius 1 is 0.786 bits per heavy atom. The molecule has 0 aliphatic heterocycles. The van der Waals surface area contributed by atoms with Crippen LogP contribution in [0.4, 0.5) is 0 Å². The van der Waals surface area contributed by atoms with Gasteiger partial charge in [-0.3, -0.25) is 0 Å². The average molecular weight is 174 g/mol. The van der Waals surface area contributed by atoms with Crippen LogP contribution in [-0.4, -0.2) is 15.7 Å². The smallest absolute Gasteiger partial charge is 0.0961 e. The molecular weight excluding hydrogens is 166 g/mol. The van der Waals surface area contributed by atoms with Crippen LogP contribution in [-0.2, 0) is 0 Å². The fraction of sp³-hybridized carbons (Fsp3) is 0. The third-order valence-corrected chi connectivity index (χ3v) is 2.16. The Hall–Kier alpha value is -1.43. The second-order valence-electron chi connectivity index (χ2n) is 3.21. The Bertz CT molecular complexity index is 435. The second-order valence-corrected chi connectivity index (χ2v) is 3.21. The van der Waals surface area contributed by atoms with Crippen LogP contribution >= 0.6 is 0 Å². The van der Waals surface area contributed by atoms with Gasteiger partial charge in [0.2, 0.25) is 0 Å². The van der Waals surface area contributed by atoms with E-state index < -0.39 is 0 Å². The molecule has 2 aromatic carbocycles. The van der Waals surface area contributed by atoms with Crippen LogP contribution < -0.4 is 10.9 Å². The fourth-order valence-corrected chi connectivity index (χ4v) is 1.44. The van der Waals surface area contributed by atoms with E-state index in [4.69, 9.17) is 15.7 Å². The molecule has 0 spiro atoms. The van der Waals surface area contributed by atoms with E-state index in [0.717, 1.165) is 22.1 Å².